The number of H-pyrrole nitrogens is 1. The maximum atomic E-state index is 13.5. The summed E-state index contributed by atoms with van der Waals surface area (Å²) in [6, 6.07) is 3.15. The molecule has 0 aliphatic heterocycles. The first-order valence-corrected chi connectivity index (χ1v) is 6.77. The van der Waals surface area contributed by atoms with E-state index >= 15 is 0 Å². The summed E-state index contributed by atoms with van der Waals surface area (Å²) in [5, 5.41) is 7.64. The van der Waals surface area contributed by atoms with E-state index in [4.69, 9.17) is 12.2 Å². The van der Waals surface area contributed by atoms with Crippen LogP contribution in [0.1, 0.15) is 0 Å². The van der Waals surface area contributed by atoms with Crippen LogP contribution in [0.5, 0.6) is 0 Å². The normalized spacial score (nSPS) is 11.3. The minimum Gasteiger partial charge on any atom is -0.330 e. The molecule has 0 atom stereocenters. The summed E-state index contributed by atoms with van der Waals surface area (Å²) in [6.07, 6.45) is 3.41. The van der Waals surface area contributed by atoms with Crippen molar-refractivity contribution in [3.05, 3.63) is 39.6 Å². The van der Waals surface area contributed by atoms with Crippen molar-refractivity contribution >= 4 is 39.2 Å². The molecule has 2 heterocycles. The Morgan fingerprint density at radius 2 is 2.21 bits per heavy atom. The number of nitrogens with one attached hydrogen (secondary N) is 1. The highest BCUT2D eigenvalue weighted by Crippen LogP contribution is 2.23. The van der Waals surface area contributed by atoms with E-state index in [1.165, 1.54) is 6.07 Å². The topological polar surface area (TPSA) is 51.4 Å². The highest BCUT2D eigenvalue weighted by molar-refractivity contribution is 9.10. The van der Waals surface area contributed by atoms with Gasteiger partial charge in [-0.05, 0) is 34.2 Å². The fourth-order valence-electron chi connectivity index (χ4n) is 1.93. The van der Waals surface area contributed by atoms with Crippen LogP contribution in [-0.4, -0.2) is 24.5 Å². The number of fused-ring (bicyclic) bond motifs is 1. The van der Waals surface area contributed by atoms with Crippen LogP contribution in [0.3, 0.4) is 0 Å². The van der Waals surface area contributed by atoms with Gasteiger partial charge in [-0.25, -0.2) is 4.39 Å². The summed E-state index contributed by atoms with van der Waals surface area (Å²) in [4.78, 5) is 3.00. The summed E-state index contributed by atoms with van der Waals surface area (Å²) in [6.45, 7) is 1.29. The molecule has 3 aromatic rings. The summed E-state index contributed by atoms with van der Waals surface area (Å²) in [5.74, 6) is -0.313. The Labute approximate surface area is 121 Å². The van der Waals surface area contributed by atoms with Crippen LogP contribution in [0.25, 0.3) is 11.0 Å². The van der Waals surface area contributed by atoms with E-state index in [1.807, 2.05) is 4.57 Å². The van der Waals surface area contributed by atoms with E-state index in [-0.39, 0.29) is 5.82 Å². The fraction of sp³-hybridized carbons (Fsp3) is 0.182. The Hall–Kier alpha value is -1.54. The standard InChI is InChI=1S/C11H9BrFN5S/c12-7-5-10-9(6-8(7)13)15-11(19)18(10)4-3-17-2-1-14-16-17/h1-2,5-6H,3-4H2,(H,15,19). The van der Waals surface area contributed by atoms with E-state index in [0.717, 1.165) is 5.52 Å². The fourth-order valence-corrected chi connectivity index (χ4v) is 2.56. The van der Waals surface area contributed by atoms with Gasteiger partial charge in [0.25, 0.3) is 0 Å². The number of imidazole rings is 1. The maximum absolute atomic E-state index is 13.5. The van der Waals surface area contributed by atoms with Crippen molar-refractivity contribution in [3.63, 3.8) is 0 Å². The Kier molecular flexibility index (Phi) is 3.19. The van der Waals surface area contributed by atoms with Gasteiger partial charge in [-0.15, -0.1) is 5.10 Å². The lowest BCUT2D eigenvalue weighted by Crippen LogP contribution is -2.08. The van der Waals surface area contributed by atoms with Crippen LogP contribution in [-0.2, 0) is 13.1 Å². The minimum absolute atomic E-state index is 0.313. The third-order valence-electron chi connectivity index (χ3n) is 2.84. The van der Waals surface area contributed by atoms with Gasteiger partial charge in [-0.2, -0.15) is 0 Å². The molecular weight excluding hydrogens is 333 g/mol. The van der Waals surface area contributed by atoms with Crippen molar-refractivity contribution in [1.29, 1.82) is 0 Å². The monoisotopic (exact) mass is 341 g/mol. The number of aromatic nitrogens is 5. The number of aryl methyl sites for hydroxylation is 2. The van der Waals surface area contributed by atoms with Crippen molar-refractivity contribution in [2.75, 3.05) is 0 Å². The average molecular weight is 342 g/mol. The second-order valence-corrected chi connectivity index (χ2v) is 5.27. The first-order chi connectivity index (χ1) is 9.15. The molecule has 19 heavy (non-hydrogen) atoms. The molecule has 0 amide bonds. The molecule has 0 spiro atoms. The lowest BCUT2D eigenvalue weighted by atomic mass is 10.3. The number of aromatic amines is 1. The lowest BCUT2D eigenvalue weighted by molar-refractivity contribution is 0.523. The SMILES string of the molecule is Fc1cc2[nH]c(=S)n(CCn3ccnn3)c2cc1Br. The zero-order chi connectivity index (χ0) is 13.4. The van der Waals surface area contributed by atoms with E-state index in [9.17, 15) is 4.39 Å². The molecule has 1 N–H and O–H groups in total. The Bertz CT molecular complexity index is 776. The second-order valence-electron chi connectivity index (χ2n) is 4.03. The van der Waals surface area contributed by atoms with Crippen LogP contribution in [0, 0.1) is 10.6 Å². The van der Waals surface area contributed by atoms with Crippen molar-refractivity contribution < 1.29 is 4.39 Å². The third kappa shape index (κ3) is 2.33. The Balaban J connectivity index is 2.00. The smallest absolute Gasteiger partial charge is 0.178 e. The van der Waals surface area contributed by atoms with Crippen LogP contribution >= 0.6 is 28.1 Å². The van der Waals surface area contributed by atoms with Crippen molar-refractivity contribution in [3.8, 4) is 0 Å². The zero-order valence-electron chi connectivity index (χ0n) is 9.68. The average Bonchev–Trinajstić information content (AvgIpc) is 2.96. The molecule has 0 aliphatic carbocycles. The molecule has 0 saturated carbocycles. The summed E-state index contributed by atoms with van der Waals surface area (Å²) in [7, 11) is 0. The number of benzene rings is 1. The van der Waals surface area contributed by atoms with Crippen molar-refractivity contribution in [2.45, 2.75) is 13.1 Å². The molecule has 1 aromatic carbocycles. The number of hydrogen-bond acceptors (Lipinski definition) is 3. The third-order valence-corrected chi connectivity index (χ3v) is 3.77. The van der Waals surface area contributed by atoms with Gasteiger partial charge in [0.2, 0.25) is 0 Å². The minimum atomic E-state index is -0.313. The molecule has 3 rings (SSSR count). The van der Waals surface area contributed by atoms with E-state index in [2.05, 4.69) is 31.2 Å². The summed E-state index contributed by atoms with van der Waals surface area (Å²) >= 11 is 8.44. The molecule has 98 valence electrons. The largest absolute Gasteiger partial charge is 0.330 e. The Morgan fingerprint density at radius 1 is 1.37 bits per heavy atom. The quantitative estimate of drug-likeness (QED) is 0.745. The zero-order valence-corrected chi connectivity index (χ0v) is 12.1. The van der Waals surface area contributed by atoms with Crippen LogP contribution in [0.2, 0.25) is 0 Å². The first-order valence-electron chi connectivity index (χ1n) is 5.57. The second kappa shape index (κ2) is 4.86. The maximum Gasteiger partial charge on any atom is 0.178 e. The van der Waals surface area contributed by atoms with Gasteiger partial charge in [0, 0.05) is 18.8 Å². The van der Waals surface area contributed by atoms with E-state index < -0.39 is 0 Å². The molecule has 2 aromatic heterocycles. The first kappa shape index (κ1) is 12.5. The van der Waals surface area contributed by atoms with Gasteiger partial charge in [0.05, 0.1) is 28.2 Å². The van der Waals surface area contributed by atoms with Crippen LogP contribution in [0.15, 0.2) is 29.0 Å². The summed E-state index contributed by atoms with van der Waals surface area (Å²) < 4.78 is 18.1. The molecule has 0 fully saturated rings. The molecular formula is C11H9BrFN5S. The van der Waals surface area contributed by atoms with Crippen LogP contribution in [0.4, 0.5) is 4.39 Å². The molecule has 5 nitrogen and oxygen atoms in total. The number of hydrogen-bond donors (Lipinski definition) is 1. The van der Waals surface area contributed by atoms with E-state index in [1.54, 1.807) is 23.1 Å². The van der Waals surface area contributed by atoms with Gasteiger partial charge in [0.1, 0.15) is 5.82 Å². The highest BCUT2D eigenvalue weighted by Gasteiger charge is 2.08. The van der Waals surface area contributed by atoms with Crippen LogP contribution < -0.4 is 0 Å². The van der Waals surface area contributed by atoms with Gasteiger partial charge >= 0.3 is 0 Å². The molecule has 0 saturated heterocycles. The highest BCUT2D eigenvalue weighted by atomic mass is 79.9. The lowest BCUT2D eigenvalue weighted by Gasteiger charge is -2.05. The molecule has 0 aliphatic rings. The molecule has 0 unspecified atom stereocenters. The molecule has 0 radical (unpaired) electrons. The van der Waals surface area contributed by atoms with Crippen molar-refractivity contribution in [1.82, 2.24) is 24.5 Å². The molecule has 0 bridgehead atoms. The van der Waals surface area contributed by atoms with Crippen molar-refractivity contribution in [2.24, 2.45) is 0 Å². The summed E-state index contributed by atoms with van der Waals surface area (Å²) in [5.41, 5.74) is 1.54. The van der Waals surface area contributed by atoms with E-state index in [0.29, 0.717) is 27.8 Å². The predicted octanol–water partition coefficient (Wildman–Crippen LogP) is 2.89. The van der Waals surface area contributed by atoms with Gasteiger partial charge in [-0.3, -0.25) is 4.68 Å². The Morgan fingerprint density at radius 3 is 2.95 bits per heavy atom. The number of rotatable bonds is 3. The van der Waals surface area contributed by atoms with Gasteiger partial charge < -0.3 is 9.55 Å². The van der Waals surface area contributed by atoms with Gasteiger partial charge in [0.15, 0.2) is 4.77 Å². The number of halogens is 2. The van der Waals surface area contributed by atoms with Gasteiger partial charge in [-0.1, -0.05) is 5.21 Å². The number of nitrogens with zero attached hydrogens (tertiary/aromatic N) is 4. The predicted molar refractivity (Wildman–Crippen MR) is 74.8 cm³/mol. The molecule has 8 heteroatoms.